The first-order valence-electron chi connectivity index (χ1n) is 9.43. The van der Waals surface area contributed by atoms with Gasteiger partial charge in [0.25, 0.3) is 0 Å². The first kappa shape index (κ1) is 17.3. The quantitative estimate of drug-likeness (QED) is 0.873. The molecule has 3 atom stereocenters. The molecule has 1 amide bonds. The van der Waals surface area contributed by atoms with Crippen LogP contribution in [-0.4, -0.2) is 36.2 Å². The van der Waals surface area contributed by atoms with Crippen molar-refractivity contribution in [1.29, 1.82) is 0 Å². The Morgan fingerprint density at radius 1 is 1.29 bits per heavy atom. The number of nitrogens with one attached hydrogen (secondary N) is 1. The van der Waals surface area contributed by atoms with Gasteiger partial charge in [0.15, 0.2) is 0 Å². The third-order valence-corrected chi connectivity index (χ3v) is 5.59. The average molecular weight is 330 g/mol. The van der Waals surface area contributed by atoms with Gasteiger partial charge in [0, 0.05) is 31.2 Å². The molecule has 1 heterocycles. The predicted molar refractivity (Wildman–Crippen MR) is 97.2 cm³/mol. The summed E-state index contributed by atoms with van der Waals surface area (Å²) in [4.78, 5) is 14.6. The number of anilines is 1. The lowest BCUT2D eigenvalue weighted by Crippen LogP contribution is -2.40. The highest BCUT2D eigenvalue weighted by Gasteiger charge is 2.24. The molecule has 1 aromatic rings. The van der Waals surface area contributed by atoms with Crippen LogP contribution >= 0.6 is 0 Å². The third kappa shape index (κ3) is 4.29. The fraction of sp³-hybridized carbons (Fsp3) is 0.650. The van der Waals surface area contributed by atoms with E-state index in [2.05, 4.69) is 41.4 Å². The molecule has 4 heteroatoms. The summed E-state index contributed by atoms with van der Waals surface area (Å²) in [5.41, 5.74) is 2.69. The molecule has 0 spiro atoms. The number of aliphatic hydroxyl groups excluding tert-OH is 1. The molecule has 1 saturated carbocycles. The number of para-hydroxylation sites is 1. The standard InChI is InChI=1S/C20H30N2O2/c1-15-9-10-17-6-2-3-8-19(17)22(15)12-11-20(24)21-14-16-5-4-7-18(23)13-16/h2-3,6,8,15-16,18,23H,4-5,7,9-14H2,1H3,(H,21,24). The normalized spacial score (nSPS) is 26.8. The molecule has 2 N–H and O–H groups in total. The van der Waals surface area contributed by atoms with Crippen molar-refractivity contribution in [1.82, 2.24) is 5.32 Å². The third-order valence-electron chi connectivity index (χ3n) is 5.59. The van der Waals surface area contributed by atoms with Gasteiger partial charge in [-0.2, -0.15) is 0 Å². The summed E-state index contributed by atoms with van der Waals surface area (Å²) in [7, 11) is 0. The zero-order valence-corrected chi connectivity index (χ0v) is 14.7. The Hall–Kier alpha value is -1.55. The van der Waals surface area contributed by atoms with Gasteiger partial charge in [0.2, 0.25) is 5.91 Å². The zero-order valence-electron chi connectivity index (χ0n) is 14.7. The van der Waals surface area contributed by atoms with Crippen molar-refractivity contribution < 1.29 is 9.90 Å². The molecule has 0 saturated heterocycles. The van der Waals surface area contributed by atoms with Gasteiger partial charge in [0.05, 0.1) is 6.10 Å². The summed E-state index contributed by atoms with van der Waals surface area (Å²) in [5.74, 6) is 0.567. The maximum absolute atomic E-state index is 12.2. The number of carbonyl (C=O) groups is 1. The minimum atomic E-state index is -0.175. The average Bonchev–Trinajstić information content (AvgIpc) is 2.59. The van der Waals surface area contributed by atoms with Crippen molar-refractivity contribution >= 4 is 11.6 Å². The molecule has 0 aromatic heterocycles. The minimum absolute atomic E-state index is 0.130. The second kappa shape index (κ2) is 8.02. The van der Waals surface area contributed by atoms with Crippen molar-refractivity contribution in [3.8, 4) is 0 Å². The molecule has 3 unspecified atom stereocenters. The van der Waals surface area contributed by atoms with Crippen LogP contribution in [0.25, 0.3) is 0 Å². The van der Waals surface area contributed by atoms with Crippen LogP contribution in [0.15, 0.2) is 24.3 Å². The van der Waals surface area contributed by atoms with Crippen LogP contribution in [0.4, 0.5) is 5.69 Å². The van der Waals surface area contributed by atoms with Gasteiger partial charge in [-0.15, -0.1) is 0 Å². The van der Waals surface area contributed by atoms with E-state index in [1.807, 2.05) is 0 Å². The second-order valence-electron chi connectivity index (χ2n) is 7.45. The molecule has 1 aliphatic heterocycles. The van der Waals surface area contributed by atoms with Gasteiger partial charge in [-0.25, -0.2) is 0 Å². The van der Waals surface area contributed by atoms with Gasteiger partial charge in [-0.05, 0) is 56.6 Å². The van der Waals surface area contributed by atoms with E-state index < -0.39 is 0 Å². The zero-order chi connectivity index (χ0) is 16.9. The van der Waals surface area contributed by atoms with E-state index in [0.29, 0.717) is 24.9 Å². The lowest BCUT2D eigenvalue weighted by atomic mass is 9.87. The van der Waals surface area contributed by atoms with Crippen molar-refractivity contribution in [3.05, 3.63) is 29.8 Å². The summed E-state index contributed by atoms with van der Waals surface area (Å²) in [6.45, 7) is 3.73. The summed E-state index contributed by atoms with van der Waals surface area (Å²) >= 11 is 0. The van der Waals surface area contributed by atoms with E-state index in [4.69, 9.17) is 0 Å². The van der Waals surface area contributed by atoms with Crippen LogP contribution in [0.1, 0.15) is 51.0 Å². The fourth-order valence-electron chi connectivity index (χ4n) is 4.12. The molecule has 0 bridgehead atoms. The van der Waals surface area contributed by atoms with Crippen LogP contribution in [-0.2, 0) is 11.2 Å². The van der Waals surface area contributed by atoms with Crippen LogP contribution in [0.3, 0.4) is 0 Å². The SMILES string of the molecule is CC1CCc2ccccc2N1CCC(=O)NCC1CCCC(O)C1. The highest BCUT2D eigenvalue weighted by molar-refractivity contribution is 5.76. The van der Waals surface area contributed by atoms with Crippen molar-refractivity contribution in [2.75, 3.05) is 18.0 Å². The van der Waals surface area contributed by atoms with Crippen LogP contribution in [0, 0.1) is 5.92 Å². The molecule has 1 aromatic carbocycles. The lowest BCUT2D eigenvalue weighted by molar-refractivity contribution is -0.121. The number of hydrogen-bond acceptors (Lipinski definition) is 3. The molecule has 3 rings (SSSR count). The van der Waals surface area contributed by atoms with Crippen molar-refractivity contribution in [2.24, 2.45) is 5.92 Å². The Labute approximate surface area is 145 Å². The minimum Gasteiger partial charge on any atom is -0.393 e. The number of amides is 1. The summed E-state index contributed by atoms with van der Waals surface area (Å²) in [6, 6.07) is 9.03. The van der Waals surface area contributed by atoms with Gasteiger partial charge >= 0.3 is 0 Å². The topological polar surface area (TPSA) is 52.6 Å². The monoisotopic (exact) mass is 330 g/mol. The predicted octanol–water partition coefficient (Wildman–Crippen LogP) is 2.89. The van der Waals surface area contributed by atoms with Gasteiger partial charge in [0.1, 0.15) is 0 Å². The molecular weight excluding hydrogens is 300 g/mol. The van der Waals surface area contributed by atoms with Gasteiger partial charge in [-0.3, -0.25) is 4.79 Å². The number of fused-ring (bicyclic) bond motifs is 1. The fourth-order valence-corrected chi connectivity index (χ4v) is 4.12. The Bertz CT molecular complexity index is 560. The van der Waals surface area contributed by atoms with E-state index in [0.717, 1.165) is 45.1 Å². The van der Waals surface area contributed by atoms with E-state index in [1.165, 1.54) is 11.3 Å². The van der Waals surface area contributed by atoms with Gasteiger partial charge in [-0.1, -0.05) is 24.6 Å². The number of aliphatic hydroxyl groups is 1. The largest absolute Gasteiger partial charge is 0.393 e. The summed E-state index contributed by atoms with van der Waals surface area (Å²) in [5, 5.41) is 12.8. The van der Waals surface area contributed by atoms with Crippen molar-refractivity contribution in [3.63, 3.8) is 0 Å². The number of carbonyl (C=O) groups excluding carboxylic acids is 1. The first-order valence-corrected chi connectivity index (χ1v) is 9.43. The molecule has 1 fully saturated rings. The second-order valence-corrected chi connectivity index (χ2v) is 7.45. The van der Waals surface area contributed by atoms with Crippen LogP contribution in [0.2, 0.25) is 0 Å². The first-order chi connectivity index (χ1) is 11.6. The van der Waals surface area contributed by atoms with E-state index in [-0.39, 0.29) is 12.0 Å². The van der Waals surface area contributed by atoms with Crippen molar-refractivity contribution in [2.45, 2.75) is 64.0 Å². The molecule has 24 heavy (non-hydrogen) atoms. The number of nitrogens with zero attached hydrogens (tertiary/aromatic N) is 1. The smallest absolute Gasteiger partial charge is 0.221 e. The number of hydrogen-bond donors (Lipinski definition) is 2. The summed E-state index contributed by atoms with van der Waals surface area (Å²) < 4.78 is 0. The van der Waals surface area contributed by atoms with Crippen LogP contribution < -0.4 is 10.2 Å². The molecular formula is C20H30N2O2. The highest BCUT2D eigenvalue weighted by atomic mass is 16.3. The molecule has 132 valence electrons. The Morgan fingerprint density at radius 3 is 2.96 bits per heavy atom. The highest BCUT2D eigenvalue weighted by Crippen LogP contribution is 2.30. The number of aryl methyl sites for hydroxylation is 1. The molecule has 0 radical (unpaired) electrons. The van der Waals surface area contributed by atoms with E-state index in [1.54, 1.807) is 0 Å². The maximum atomic E-state index is 12.2. The maximum Gasteiger partial charge on any atom is 0.221 e. The molecule has 2 aliphatic rings. The number of rotatable bonds is 5. The molecule has 1 aliphatic carbocycles. The summed E-state index contributed by atoms with van der Waals surface area (Å²) in [6.07, 6.45) is 6.58. The van der Waals surface area contributed by atoms with E-state index >= 15 is 0 Å². The Morgan fingerprint density at radius 2 is 2.12 bits per heavy atom. The Balaban J connectivity index is 1.47. The van der Waals surface area contributed by atoms with Crippen LogP contribution in [0.5, 0.6) is 0 Å². The van der Waals surface area contributed by atoms with Gasteiger partial charge < -0.3 is 15.3 Å². The Kier molecular flexibility index (Phi) is 5.77. The van der Waals surface area contributed by atoms with E-state index in [9.17, 15) is 9.90 Å². The lowest BCUT2D eigenvalue weighted by Gasteiger charge is -2.37. The number of benzene rings is 1. The molecule has 4 nitrogen and oxygen atoms in total.